The van der Waals surface area contributed by atoms with E-state index in [1.165, 1.54) is 0 Å². The lowest BCUT2D eigenvalue weighted by Crippen LogP contribution is -2.46. The van der Waals surface area contributed by atoms with Crippen molar-refractivity contribution in [1.29, 1.82) is 0 Å². The second kappa shape index (κ2) is 5.26. The molecule has 3 heteroatoms. The van der Waals surface area contributed by atoms with E-state index < -0.39 is 6.17 Å². The van der Waals surface area contributed by atoms with Crippen LogP contribution in [-0.2, 0) is 4.74 Å². The molecule has 2 rings (SSSR count). The van der Waals surface area contributed by atoms with E-state index in [4.69, 9.17) is 4.74 Å². The van der Waals surface area contributed by atoms with Gasteiger partial charge in [0.15, 0.2) is 0 Å². The molecule has 0 aromatic rings. The van der Waals surface area contributed by atoms with Gasteiger partial charge < -0.3 is 10.1 Å². The number of halogens is 1. The first-order valence-electron chi connectivity index (χ1n) is 6.20. The Labute approximate surface area is 91.6 Å². The monoisotopic (exact) mass is 215 g/mol. The molecule has 0 radical (unpaired) electrons. The van der Waals surface area contributed by atoms with E-state index in [2.05, 4.69) is 5.32 Å². The van der Waals surface area contributed by atoms with Crippen LogP contribution in [0, 0.1) is 5.92 Å². The van der Waals surface area contributed by atoms with Crippen molar-refractivity contribution in [1.82, 2.24) is 5.32 Å². The number of methoxy groups -OCH3 is 1. The van der Waals surface area contributed by atoms with Gasteiger partial charge in [-0.3, -0.25) is 0 Å². The molecule has 15 heavy (non-hydrogen) atoms. The Bertz CT molecular complexity index is 192. The third-order valence-electron chi connectivity index (χ3n) is 3.99. The van der Waals surface area contributed by atoms with Gasteiger partial charge in [-0.1, -0.05) is 0 Å². The molecule has 1 saturated carbocycles. The van der Waals surface area contributed by atoms with Crippen LogP contribution in [0.5, 0.6) is 0 Å². The highest BCUT2D eigenvalue weighted by atomic mass is 19.1. The fourth-order valence-electron chi connectivity index (χ4n) is 2.97. The third kappa shape index (κ3) is 2.91. The van der Waals surface area contributed by atoms with Crippen LogP contribution in [-0.4, -0.2) is 32.0 Å². The van der Waals surface area contributed by atoms with Crippen molar-refractivity contribution in [3.8, 4) is 0 Å². The number of rotatable bonds is 2. The Hall–Kier alpha value is -0.150. The Morgan fingerprint density at radius 2 is 1.87 bits per heavy atom. The van der Waals surface area contributed by atoms with E-state index >= 15 is 0 Å². The molecule has 2 aliphatic rings. The number of hydrogen-bond acceptors (Lipinski definition) is 2. The summed E-state index contributed by atoms with van der Waals surface area (Å²) >= 11 is 0. The summed E-state index contributed by atoms with van der Waals surface area (Å²) in [4.78, 5) is 0. The lowest BCUT2D eigenvalue weighted by atomic mass is 9.80. The number of nitrogens with one attached hydrogen (secondary N) is 1. The lowest BCUT2D eigenvalue weighted by Gasteiger charge is -2.37. The summed E-state index contributed by atoms with van der Waals surface area (Å²) in [7, 11) is 1.80. The van der Waals surface area contributed by atoms with E-state index in [9.17, 15) is 4.39 Å². The van der Waals surface area contributed by atoms with Crippen molar-refractivity contribution in [2.45, 2.75) is 56.8 Å². The van der Waals surface area contributed by atoms with Crippen molar-refractivity contribution in [3.05, 3.63) is 0 Å². The van der Waals surface area contributed by atoms with Crippen molar-refractivity contribution in [3.63, 3.8) is 0 Å². The van der Waals surface area contributed by atoms with Crippen LogP contribution in [0.2, 0.25) is 0 Å². The summed E-state index contributed by atoms with van der Waals surface area (Å²) in [6, 6.07) is 0.566. The molecule has 88 valence electrons. The molecule has 2 fully saturated rings. The van der Waals surface area contributed by atoms with Crippen LogP contribution in [0.3, 0.4) is 0 Å². The maximum Gasteiger partial charge on any atom is 0.100 e. The minimum Gasteiger partial charge on any atom is -0.381 e. The van der Waals surface area contributed by atoms with Gasteiger partial charge in [0.2, 0.25) is 0 Å². The van der Waals surface area contributed by atoms with E-state index in [0.29, 0.717) is 18.1 Å². The fourth-order valence-corrected chi connectivity index (χ4v) is 2.97. The van der Waals surface area contributed by atoms with Gasteiger partial charge in [0, 0.05) is 13.2 Å². The molecular formula is C12H22FNO. The highest BCUT2D eigenvalue weighted by Gasteiger charge is 2.31. The SMILES string of the molecule is COC1CCNC(C2CCC(F)CC2)C1. The third-order valence-corrected chi connectivity index (χ3v) is 3.99. The molecule has 0 aromatic carbocycles. The second-order valence-corrected chi connectivity index (χ2v) is 4.95. The number of hydrogen-bond donors (Lipinski definition) is 1. The predicted octanol–water partition coefficient (Wildman–Crippen LogP) is 2.28. The molecule has 1 aliphatic heterocycles. The molecule has 0 bridgehead atoms. The molecule has 2 atom stereocenters. The average Bonchev–Trinajstić information content (AvgIpc) is 2.30. The van der Waals surface area contributed by atoms with Gasteiger partial charge in [-0.15, -0.1) is 0 Å². The summed E-state index contributed by atoms with van der Waals surface area (Å²) in [5.41, 5.74) is 0. The Morgan fingerprint density at radius 3 is 2.53 bits per heavy atom. The first kappa shape index (κ1) is 11.3. The minimum absolute atomic E-state index is 0.416. The van der Waals surface area contributed by atoms with Crippen LogP contribution in [0.15, 0.2) is 0 Å². The molecule has 1 N–H and O–H groups in total. The Balaban J connectivity index is 1.82. The molecule has 1 saturated heterocycles. The fraction of sp³-hybridized carbons (Fsp3) is 1.00. The second-order valence-electron chi connectivity index (χ2n) is 4.95. The Kier molecular flexibility index (Phi) is 3.98. The lowest BCUT2D eigenvalue weighted by molar-refractivity contribution is 0.0439. The standard InChI is InChI=1S/C12H22FNO/c1-15-11-6-7-14-12(8-11)9-2-4-10(13)5-3-9/h9-12,14H,2-8H2,1H3. The zero-order chi connectivity index (χ0) is 10.7. The molecule has 2 unspecified atom stereocenters. The van der Waals surface area contributed by atoms with E-state index in [1.54, 1.807) is 7.11 Å². The van der Waals surface area contributed by atoms with Gasteiger partial charge in [-0.2, -0.15) is 0 Å². The zero-order valence-electron chi connectivity index (χ0n) is 9.55. The van der Waals surface area contributed by atoms with Crippen molar-refractivity contribution in [2.24, 2.45) is 5.92 Å². The maximum absolute atomic E-state index is 13.0. The topological polar surface area (TPSA) is 21.3 Å². The van der Waals surface area contributed by atoms with Crippen LogP contribution in [0.1, 0.15) is 38.5 Å². The van der Waals surface area contributed by atoms with Crippen molar-refractivity contribution < 1.29 is 9.13 Å². The van der Waals surface area contributed by atoms with Gasteiger partial charge in [0.1, 0.15) is 6.17 Å². The van der Waals surface area contributed by atoms with E-state index in [0.717, 1.165) is 45.1 Å². The van der Waals surface area contributed by atoms with E-state index in [-0.39, 0.29) is 0 Å². The molecule has 0 amide bonds. The molecule has 1 heterocycles. The smallest absolute Gasteiger partial charge is 0.100 e. The van der Waals surface area contributed by atoms with Gasteiger partial charge in [-0.05, 0) is 51.0 Å². The molecular weight excluding hydrogens is 193 g/mol. The number of piperidine rings is 1. The average molecular weight is 215 g/mol. The van der Waals surface area contributed by atoms with Gasteiger partial charge >= 0.3 is 0 Å². The van der Waals surface area contributed by atoms with Gasteiger partial charge in [0.25, 0.3) is 0 Å². The summed E-state index contributed by atoms with van der Waals surface area (Å²) in [6.45, 7) is 1.05. The van der Waals surface area contributed by atoms with Gasteiger partial charge in [0.05, 0.1) is 6.10 Å². The van der Waals surface area contributed by atoms with Crippen LogP contribution in [0.25, 0.3) is 0 Å². The molecule has 0 spiro atoms. The summed E-state index contributed by atoms with van der Waals surface area (Å²) < 4.78 is 18.4. The zero-order valence-corrected chi connectivity index (χ0v) is 9.55. The maximum atomic E-state index is 13.0. The number of alkyl halides is 1. The van der Waals surface area contributed by atoms with Crippen molar-refractivity contribution in [2.75, 3.05) is 13.7 Å². The summed E-state index contributed by atoms with van der Waals surface area (Å²) in [5.74, 6) is 0.676. The van der Waals surface area contributed by atoms with Crippen LogP contribution < -0.4 is 5.32 Å². The first-order valence-corrected chi connectivity index (χ1v) is 6.20. The molecule has 1 aliphatic carbocycles. The highest BCUT2D eigenvalue weighted by molar-refractivity contribution is 4.87. The van der Waals surface area contributed by atoms with Gasteiger partial charge in [-0.25, -0.2) is 4.39 Å². The minimum atomic E-state index is -0.539. The normalized spacial score (nSPS) is 42.8. The summed E-state index contributed by atoms with van der Waals surface area (Å²) in [5, 5.41) is 3.57. The largest absolute Gasteiger partial charge is 0.381 e. The summed E-state index contributed by atoms with van der Waals surface area (Å²) in [6.07, 6.45) is 5.73. The van der Waals surface area contributed by atoms with E-state index in [1.807, 2.05) is 0 Å². The highest BCUT2D eigenvalue weighted by Crippen LogP contribution is 2.31. The Morgan fingerprint density at radius 1 is 1.13 bits per heavy atom. The first-order chi connectivity index (χ1) is 7.29. The quantitative estimate of drug-likeness (QED) is 0.763. The molecule has 2 nitrogen and oxygen atoms in total. The predicted molar refractivity (Wildman–Crippen MR) is 58.7 cm³/mol. The van der Waals surface area contributed by atoms with Crippen LogP contribution in [0.4, 0.5) is 4.39 Å². The number of ether oxygens (including phenoxy) is 1. The van der Waals surface area contributed by atoms with Crippen LogP contribution >= 0.6 is 0 Å². The van der Waals surface area contributed by atoms with Crippen molar-refractivity contribution >= 4 is 0 Å². The molecule has 0 aromatic heterocycles.